The summed E-state index contributed by atoms with van der Waals surface area (Å²) >= 11 is 7.68. The first-order valence-electron chi connectivity index (χ1n) is 7.88. The number of hydrogen-bond donors (Lipinski definition) is 0. The van der Waals surface area contributed by atoms with E-state index in [-0.39, 0.29) is 4.90 Å². The predicted octanol–water partition coefficient (Wildman–Crippen LogP) is 4.32. The van der Waals surface area contributed by atoms with Crippen molar-refractivity contribution in [2.45, 2.75) is 9.79 Å². The van der Waals surface area contributed by atoms with E-state index < -0.39 is 15.8 Å². The zero-order valence-corrected chi connectivity index (χ0v) is 16.7. The molecule has 0 saturated heterocycles. The summed E-state index contributed by atoms with van der Waals surface area (Å²) in [6.45, 7) is 0.871. The Morgan fingerprint density at radius 3 is 2.50 bits per heavy atom. The van der Waals surface area contributed by atoms with Gasteiger partial charge in [-0.15, -0.1) is 11.8 Å². The van der Waals surface area contributed by atoms with Gasteiger partial charge in [0.25, 0.3) is 10.0 Å². The molecule has 0 aliphatic rings. The number of fused-ring (bicyclic) bond motifs is 1. The number of rotatable bonds is 6. The van der Waals surface area contributed by atoms with Crippen LogP contribution in [0.25, 0.3) is 10.9 Å². The van der Waals surface area contributed by atoms with Crippen LogP contribution in [0.3, 0.4) is 0 Å². The van der Waals surface area contributed by atoms with Gasteiger partial charge in [-0.3, -0.25) is 0 Å². The Kier molecular flexibility index (Phi) is 5.62. The van der Waals surface area contributed by atoms with E-state index in [1.54, 1.807) is 30.1 Å². The van der Waals surface area contributed by atoms with Crippen molar-refractivity contribution in [1.29, 1.82) is 0 Å². The lowest BCUT2D eigenvalue weighted by Gasteiger charge is -2.08. The van der Waals surface area contributed by atoms with Crippen LogP contribution in [0.15, 0.2) is 58.5 Å². The molecular weight excluding hydrogens is 395 g/mol. The summed E-state index contributed by atoms with van der Waals surface area (Å²) in [5.41, 5.74) is 0.508. The van der Waals surface area contributed by atoms with Crippen molar-refractivity contribution in [2.75, 3.05) is 26.4 Å². The van der Waals surface area contributed by atoms with Crippen molar-refractivity contribution < 1.29 is 12.8 Å². The Bertz CT molecular complexity index is 1030. The molecule has 26 heavy (non-hydrogen) atoms. The lowest BCUT2D eigenvalue weighted by molar-refractivity contribution is 0.437. The SMILES string of the molecule is CN(C)CCSc1cn(S(=O)(=O)c2ccc(F)cc2)c2cc(Cl)ccc12. The Labute approximate surface area is 161 Å². The van der Waals surface area contributed by atoms with E-state index in [0.29, 0.717) is 10.5 Å². The lowest BCUT2D eigenvalue weighted by atomic mass is 10.2. The van der Waals surface area contributed by atoms with Gasteiger partial charge < -0.3 is 4.90 Å². The van der Waals surface area contributed by atoms with Gasteiger partial charge in [-0.25, -0.2) is 16.8 Å². The van der Waals surface area contributed by atoms with E-state index in [1.807, 2.05) is 20.2 Å². The highest BCUT2D eigenvalue weighted by atomic mass is 35.5. The van der Waals surface area contributed by atoms with Gasteiger partial charge in [-0.05, 0) is 50.5 Å². The second-order valence-corrected chi connectivity index (χ2v) is 9.45. The molecule has 2 aromatic carbocycles. The van der Waals surface area contributed by atoms with Crippen LogP contribution in [0.5, 0.6) is 0 Å². The largest absolute Gasteiger partial charge is 0.309 e. The molecule has 1 aromatic heterocycles. The fourth-order valence-corrected chi connectivity index (χ4v) is 5.29. The third-order valence-electron chi connectivity index (χ3n) is 3.86. The van der Waals surface area contributed by atoms with Crippen molar-refractivity contribution in [3.8, 4) is 0 Å². The minimum absolute atomic E-state index is 0.0283. The highest BCUT2D eigenvalue weighted by molar-refractivity contribution is 7.99. The third kappa shape index (κ3) is 3.91. The normalized spacial score (nSPS) is 12.2. The first-order valence-corrected chi connectivity index (χ1v) is 10.7. The molecule has 0 bridgehead atoms. The fraction of sp³-hybridized carbons (Fsp3) is 0.222. The van der Waals surface area contributed by atoms with Gasteiger partial charge in [0.2, 0.25) is 0 Å². The maximum atomic E-state index is 13.2. The molecule has 138 valence electrons. The second-order valence-electron chi connectivity index (χ2n) is 6.06. The van der Waals surface area contributed by atoms with Crippen LogP contribution < -0.4 is 0 Å². The monoisotopic (exact) mass is 412 g/mol. The molecule has 0 spiro atoms. The summed E-state index contributed by atoms with van der Waals surface area (Å²) in [7, 11) is 0.125. The maximum Gasteiger partial charge on any atom is 0.268 e. The number of aromatic nitrogens is 1. The van der Waals surface area contributed by atoms with Crippen LogP contribution in [0.4, 0.5) is 4.39 Å². The van der Waals surface area contributed by atoms with Gasteiger partial charge in [-0.1, -0.05) is 17.7 Å². The zero-order chi connectivity index (χ0) is 18.9. The van der Waals surface area contributed by atoms with Crippen LogP contribution in [0, 0.1) is 5.82 Å². The lowest BCUT2D eigenvalue weighted by Crippen LogP contribution is -2.14. The summed E-state index contributed by atoms with van der Waals surface area (Å²) < 4.78 is 40.5. The first-order chi connectivity index (χ1) is 12.3. The molecule has 0 N–H and O–H groups in total. The van der Waals surface area contributed by atoms with Gasteiger partial charge in [0, 0.05) is 33.8 Å². The van der Waals surface area contributed by atoms with E-state index in [0.717, 1.165) is 34.7 Å². The average molecular weight is 413 g/mol. The van der Waals surface area contributed by atoms with Crippen LogP contribution in [-0.2, 0) is 10.0 Å². The average Bonchev–Trinajstić information content (AvgIpc) is 2.93. The number of thioether (sulfide) groups is 1. The first kappa shape index (κ1) is 19.2. The summed E-state index contributed by atoms with van der Waals surface area (Å²) in [5, 5.41) is 1.28. The third-order valence-corrected chi connectivity index (χ3v) is 6.81. The van der Waals surface area contributed by atoms with E-state index >= 15 is 0 Å². The van der Waals surface area contributed by atoms with Gasteiger partial charge in [0.05, 0.1) is 10.4 Å². The number of nitrogens with zero attached hydrogens (tertiary/aromatic N) is 2. The second kappa shape index (κ2) is 7.60. The molecule has 0 fully saturated rings. The molecule has 0 radical (unpaired) electrons. The Morgan fingerprint density at radius 1 is 1.15 bits per heavy atom. The summed E-state index contributed by atoms with van der Waals surface area (Å²) in [6.07, 6.45) is 1.61. The topological polar surface area (TPSA) is 42.3 Å². The quantitative estimate of drug-likeness (QED) is 0.565. The Morgan fingerprint density at radius 2 is 1.85 bits per heavy atom. The molecule has 0 unspecified atom stereocenters. The minimum Gasteiger partial charge on any atom is -0.309 e. The van der Waals surface area contributed by atoms with Crippen molar-refractivity contribution >= 4 is 44.3 Å². The number of hydrogen-bond acceptors (Lipinski definition) is 4. The highest BCUT2D eigenvalue weighted by Crippen LogP contribution is 2.34. The van der Waals surface area contributed by atoms with Crippen LogP contribution >= 0.6 is 23.4 Å². The van der Waals surface area contributed by atoms with Crippen molar-refractivity contribution in [1.82, 2.24) is 8.87 Å². The Hall–Kier alpha value is -1.54. The van der Waals surface area contributed by atoms with E-state index in [9.17, 15) is 12.8 Å². The maximum absolute atomic E-state index is 13.2. The predicted molar refractivity (Wildman–Crippen MR) is 105 cm³/mol. The van der Waals surface area contributed by atoms with Crippen molar-refractivity contribution in [2.24, 2.45) is 0 Å². The molecule has 8 heteroatoms. The molecule has 3 aromatic rings. The summed E-state index contributed by atoms with van der Waals surface area (Å²) in [5.74, 6) is 0.343. The van der Waals surface area contributed by atoms with E-state index in [4.69, 9.17) is 11.6 Å². The molecule has 3 rings (SSSR count). The van der Waals surface area contributed by atoms with Crippen LogP contribution in [0.2, 0.25) is 5.02 Å². The van der Waals surface area contributed by atoms with Crippen LogP contribution in [0.1, 0.15) is 0 Å². The molecule has 0 saturated carbocycles. The molecule has 4 nitrogen and oxygen atoms in total. The zero-order valence-electron chi connectivity index (χ0n) is 14.3. The van der Waals surface area contributed by atoms with E-state index in [1.165, 1.54) is 16.1 Å². The minimum atomic E-state index is -3.85. The number of halogens is 2. The van der Waals surface area contributed by atoms with Crippen molar-refractivity contribution in [3.05, 3.63) is 59.5 Å². The molecular formula is C18H18ClFN2O2S2. The standard InChI is InChI=1S/C18H18ClFN2O2S2/c1-21(2)9-10-25-18-12-22(17-11-13(19)3-8-16(17)18)26(23,24)15-6-4-14(20)5-7-15/h3-8,11-12H,9-10H2,1-2H3. The fourth-order valence-electron chi connectivity index (χ4n) is 2.51. The molecule has 0 aliphatic carbocycles. The van der Waals surface area contributed by atoms with Gasteiger partial charge >= 0.3 is 0 Å². The van der Waals surface area contributed by atoms with E-state index in [2.05, 4.69) is 4.90 Å². The molecule has 0 atom stereocenters. The van der Waals surface area contributed by atoms with Gasteiger partial charge in [0.15, 0.2) is 0 Å². The highest BCUT2D eigenvalue weighted by Gasteiger charge is 2.21. The van der Waals surface area contributed by atoms with Crippen molar-refractivity contribution in [3.63, 3.8) is 0 Å². The molecule has 0 aliphatic heterocycles. The van der Waals surface area contributed by atoms with Gasteiger partial charge in [-0.2, -0.15) is 0 Å². The number of benzene rings is 2. The molecule has 0 amide bonds. The Balaban J connectivity index is 2.10. The van der Waals surface area contributed by atoms with Crippen LogP contribution in [-0.4, -0.2) is 43.7 Å². The van der Waals surface area contributed by atoms with Gasteiger partial charge in [0.1, 0.15) is 5.82 Å². The molecule has 1 heterocycles. The summed E-state index contributed by atoms with van der Waals surface area (Å²) in [6, 6.07) is 10.0. The smallest absolute Gasteiger partial charge is 0.268 e. The summed E-state index contributed by atoms with van der Waals surface area (Å²) in [4.78, 5) is 2.96.